The van der Waals surface area contributed by atoms with Crippen molar-refractivity contribution in [3.63, 3.8) is 0 Å². The summed E-state index contributed by atoms with van der Waals surface area (Å²) in [5, 5.41) is 13.6. The van der Waals surface area contributed by atoms with Crippen LogP contribution < -0.4 is 10.6 Å². The van der Waals surface area contributed by atoms with Crippen molar-refractivity contribution >= 4 is 29.3 Å². The third kappa shape index (κ3) is 6.47. The van der Waals surface area contributed by atoms with E-state index in [4.69, 9.17) is 9.15 Å². The Morgan fingerprint density at radius 1 is 0.971 bits per heavy atom. The first kappa shape index (κ1) is 24.4. The number of hydrogen-bond donors (Lipinski definition) is 2. The number of esters is 1. The first-order valence-electron chi connectivity index (χ1n) is 12.1. The summed E-state index contributed by atoms with van der Waals surface area (Å²) in [7, 11) is 1.44. The van der Waals surface area contributed by atoms with Crippen LogP contribution in [0.1, 0.15) is 79.6 Å². The third-order valence-corrected chi connectivity index (χ3v) is 6.62. The minimum atomic E-state index is -0.461. The zero-order valence-corrected chi connectivity index (χ0v) is 20.4. The lowest BCUT2D eigenvalue weighted by atomic mass is 9.77. The molecule has 1 aliphatic carbocycles. The highest BCUT2D eigenvalue weighted by atomic mass is 16.5. The molecule has 184 valence electrons. The van der Waals surface area contributed by atoms with Crippen LogP contribution in [-0.4, -0.2) is 29.2 Å². The number of carbonyl (C=O) groups excluding carboxylic acids is 2. The van der Waals surface area contributed by atoms with Gasteiger partial charge in [-0.25, -0.2) is 0 Å². The minimum absolute atomic E-state index is 0.112. The molecule has 8 nitrogen and oxygen atoms in total. The average molecular weight is 477 g/mol. The molecule has 0 unspecified atom stereocenters. The fourth-order valence-corrected chi connectivity index (χ4v) is 4.48. The molecule has 0 saturated heterocycles. The molecule has 2 N–H and O–H groups in total. The van der Waals surface area contributed by atoms with Crippen LogP contribution in [0.15, 0.2) is 52.9 Å². The summed E-state index contributed by atoms with van der Waals surface area (Å²) < 4.78 is 10.3. The second-order valence-electron chi connectivity index (χ2n) is 9.39. The van der Waals surface area contributed by atoms with Crippen LogP contribution in [0, 0.1) is 5.92 Å². The number of ether oxygens (including phenoxy) is 1. The van der Waals surface area contributed by atoms with Crippen LogP contribution in [0.2, 0.25) is 0 Å². The Morgan fingerprint density at radius 2 is 1.63 bits per heavy atom. The van der Waals surface area contributed by atoms with E-state index in [2.05, 4.69) is 34.7 Å². The fraction of sp³-hybridized carbons (Fsp3) is 0.407. The molecule has 1 heterocycles. The highest BCUT2D eigenvalue weighted by Crippen LogP contribution is 2.37. The number of methoxy groups -OCH3 is 1. The highest BCUT2D eigenvalue weighted by Gasteiger charge is 2.24. The van der Waals surface area contributed by atoms with Crippen molar-refractivity contribution in [2.24, 2.45) is 5.92 Å². The van der Waals surface area contributed by atoms with Gasteiger partial charge >= 0.3 is 23.8 Å². The molecule has 1 aliphatic rings. The van der Waals surface area contributed by atoms with Crippen molar-refractivity contribution in [2.75, 3.05) is 17.7 Å². The summed E-state index contributed by atoms with van der Waals surface area (Å²) in [4.78, 5) is 24.1. The van der Waals surface area contributed by atoms with E-state index in [1.165, 1.54) is 18.2 Å². The first-order valence-corrected chi connectivity index (χ1v) is 12.1. The second kappa shape index (κ2) is 11.2. The van der Waals surface area contributed by atoms with Gasteiger partial charge < -0.3 is 19.8 Å². The van der Waals surface area contributed by atoms with E-state index >= 15 is 0 Å². The molecule has 0 aliphatic heterocycles. The maximum Gasteiger partial charge on any atom is 0.320 e. The zero-order valence-electron chi connectivity index (χ0n) is 20.4. The van der Waals surface area contributed by atoms with Crippen molar-refractivity contribution in [1.29, 1.82) is 0 Å². The Labute approximate surface area is 205 Å². The Hall–Kier alpha value is -3.68. The lowest BCUT2D eigenvalue weighted by Gasteiger charge is -2.28. The first-order chi connectivity index (χ1) is 16.9. The number of amides is 1. The summed E-state index contributed by atoms with van der Waals surface area (Å²) in [6, 6.07) is 16.0. The molecule has 2 aromatic carbocycles. The quantitative estimate of drug-likeness (QED) is 0.383. The number of nitrogens with zero attached hydrogens (tertiary/aromatic N) is 2. The Morgan fingerprint density at radius 3 is 2.26 bits per heavy atom. The lowest BCUT2D eigenvalue weighted by molar-refractivity contribution is -0.142. The number of nitrogens with one attached hydrogen (secondary N) is 2. The lowest BCUT2D eigenvalue weighted by Crippen LogP contribution is -2.17. The minimum Gasteiger partial charge on any atom is -0.469 e. The second-order valence-corrected chi connectivity index (χ2v) is 9.39. The number of hydrogen-bond acceptors (Lipinski definition) is 7. The topological polar surface area (TPSA) is 106 Å². The van der Waals surface area contributed by atoms with Gasteiger partial charge in [0.2, 0.25) is 0 Å². The smallest absolute Gasteiger partial charge is 0.320 e. The normalized spacial score (nSPS) is 17.7. The van der Waals surface area contributed by atoms with Crippen LogP contribution in [-0.2, 0) is 9.53 Å². The van der Waals surface area contributed by atoms with Gasteiger partial charge in [0.25, 0.3) is 0 Å². The predicted molar refractivity (Wildman–Crippen MR) is 134 cm³/mol. The van der Waals surface area contributed by atoms with Gasteiger partial charge in [0.1, 0.15) is 0 Å². The Balaban J connectivity index is 1.29. The summed E-state index contributed by atoms with van der Waals surface area (Å²) in [5.74, 6) is 0.622. The van der Waals surface area contributed by atoms with Gasteiger partial charge in [-0.3, -0.25) is 9.59 Å². The molecule has 3 aromatic rings. The summed E-state index contributed by atoms with van der Waals surface area (Å²) in [5.41, 5.74) is 3.95. The van der Waals surface area contributed by atoms with Crippen molar-refractivity contribution in [2.45, 2.75) is 57.8 Å². The fourth-order valence-electron chi connectivity index (χ4n) is 4.48. The number of benzene rings is 2. The molecular weight excluding hydrogens is 444 g/mol. The molecule has 1 aromatic heterocycles. The van der Waals surface area contributed by atoms with Crippen LogP contribution in [0.4, 0.5) is 17.4 Å². The maximum atomic E-state index is 12.6. The molecule has 1 saturated carbocycles. The van der Waals surface area contributed by atoms with Gasteiger partial charge in [-0.15, -0.1) is 5.10 Å². The van der Waals surface area contributed by atoms with Crippen molar-refractivity contribution in [1.82, 2.24) is 10.2 Å². The monoisotopic (exact) mass is 476 g/mol. The SMILES string of the molecule is COC(=O)CC1CCC(c2ccc(NC(=O)c3nnc(Nc4ccc(C(C)C)cc4)o3)cc2)CC1. The van der Waals surface area contributed by atoms with Crippen molar-refractivity contribution in [3.05, 3.63) is 65.5 Å². The van der Waals surface area contributed by atoms with Gasteiger partial charge in [0, 0.05) is 17.8 Å². The third-order valence-electron chi connectivity index (χ3n) is 6.62. The molecule has 0 bridgehead atoms. The van der Waals surface area contributed by atoms with Crippen LogP contribution >= 0.6 is 0 Å². The van der Waals surface area contributed by atoms with E-state index in [9.17, 15) is 9.59 Å². The van der Waals surface area contributed by atoms with Crippen LogP contribution in [0.25, 0.3) is 0 Å². The predicted octanol–water partition coefficient (Wildman–Crippen LogP) is 6.03. The summed E-state index contributed by atoms with van der Waals surface area (Å²) in [6.07, 6.45) is 4.64. The van der Waals surface area contributed by atoms with E-state index < -0.39 is 5.91 Å². The van der Waals surface area contributed by atoms with Gasteiger partial charge in [0.05, 0.1) is 7.11 Å². The highest BCUT2D eigenvalue weighted by molar-refractivity contribution is 6.00. The maximum absolute atomic E-state index is 12.6. The molecular formula is C27H32N4O4. The Kier molecular flexibility index (Phi) is 7.80. The molecule has 0 atom stereocenters. The van der Waals surface area contributed by atoms with Gasteiger partial charge in [-0.1, -0.05) is 43.2 Å². The molecule has 4 rings (SSSR count). The molecule has 0 radical (unpaired) electrons. The summed E-state index contributed by atoms with van der Waals surface area (Å²) >= 11 is 0. The molecule has 1 amide bonds. The van der Waals surface area contributed by atoms with Gasteiger partial charge in [-0.05, 0) is 78.8 Å². The van der Waals surface area contributed by atoms with E-state index in [-0.39, 0.29) is 17.9 Å². The van der Waals surface area contributed by atoms with E-state index in [1.54, 1.807) is 0 Å². The number of carbonyl (C=O) groups is 2. The Bertz CT molecular complexity index is 1130. The van der Waals surface area contributed by atoms with E-state index in [0.29, 0.717) is 29.9 Å². The summed E-state index contributed by atoms with van der Waals surface area (Å²) in [6.45, 7) is 4.28. The van der Waals surface area contributed by atoms with Crippen molar-refractivity contribution < 1.29 is 18.7 Å². The zero-order chi connectivity index (χ0) is 24.8. The molecule has 8 heteroatoms. The molecule has 1 fully saturated rings. The number of aromatic nitrogens is 2. The average Bonchev–Trinajstić information content (AvgIpc) is 3.34. The van der Waals surface area contributed by atoms with E-state index in [1.807, 2.05) is 48.5 Å². The number of anilines is 3. The standard InChI is InChI=1S/C27H32N4O4/c1-17(2)19-8-12-23(13-9-19)29-27-31-30-26(35-27)25(33)28-22-14-10-21(11-15-22)20-6-4-18(5-7-20)16-24(32)34-3/h8-15,17-18,20H,4-7,16H2,1-3H3,(H,28,33)(H,29,31). The van der Waals surface area contributed by atoms with Crippen LogP contribution in [0.5, 0.6) is 0 Å². The molecule has 0 spiro atoms. The van der Waals surface area contributed by atoms with Crippen LogP contribution in [0.3, 0.4) is 0 Å². The molecule has 35 heavy (non-hydrogen) atoms. The van der Waals surface area contributed by atoms with Gasteiger partial charge in [0.15, 0.2) is 0 Å². The van der Waals surface area contributed by atoms with Gasteiger partial charge in [-0.2, -0.15) is 0 Å². The van der Waals surface area contributed by atoms with E-state index in [0.717, 1.165) is 31.4 Å². The van der Waals surface area contributed by atoms with Crippen molar-refractivity contribution in [3.8, 4) is 0 Å². The number of rotatable bonds is 8. The largest absolute Gasteiger partial charge is 0.469 e.